The Labute approximate surface area is 143 Å². The van der Waals surface area contributed by atoms with E-state index in [0.29, 0.717) is 23.5 Å². The van der Waals surface area contributed by atoms with Crippen molar-refractivity contribution in [2.45, 2.75) is 31.2 Å². The number of hydrogen-bond acceptors (Lipinski definition) is 4. The largest absolute Gasteiger partial charge is 0.330 e. The third kappa shape index (κ3) is 2.80. The van der Waals surface area contributed by atoms with Crippen LogP contribution in [-0.2, 0) is 13.6 Å². The van der Waals surface area contributed by atoms with Crippen LogP contribution in [0.3, 0.4) is 0 Å². The minimum Gasteiger partial charge on any atom is -0.321 e. The lowest BCUT2D eigenvalue weighted by Gasteiger charge is -2.04. The van der Waals surface area contributed by atoms with Gasteiger partial charge in [-0.3, -0.25) is 14.3 Å². The second kappa shape index (κ2) is 6.68. The summed E-state index contributed by atoms with van der Waals surface area (Å²) < 4.78 is 3.31. The van der Waals surface area contributed by atoms with Crippen molar-refractivity contribution in [2.75, 3.05) is 6.26 Å². The molecule has 2 heterocycles. The van der Waals surface area contributed by atoms with Gasteiger partial charge in [-0.2, -0.15) is 0 Å². The summed E-state index contributed by atoms with van der Waals surface area (Å²) in [7, 11) is 1.80. The maximum absolute atomic E-state index is 12.3. The summed E-state index contributed by atoms with van der Waals surface area (Å²) >= 11 is 1.67. The number of hydrogen-bond donors (Lipinski definition) is 1. The van der Waals surface area contributed by atoms with Crippen LogP contribution in [0.25, 0.3) is 22.6 Å². The van der Waals surface area contributed by atoms with Gasteiger partial charge in [0.25, 0.3) is 5.56 Å². The molecular formula is C17H20N4O2S. The Morgan fingerprint density at radius 1 is 1.21 bits per heavy atom. The van der Waals surface area contributed by atoms with Gasteiger partial charge in [-0.15, -0.1) is 11.8 Å². The Morgan fingerprint density at radius 2 is 1.92 bits per heavy atom. The van der Waals surface area contributed by atoms with Crippen molar-refractivity contribution in [1.29, 1.82) is 0 Å². The molecule has 0 aliphatic carbocycles. The quantitative estimate of drug-likeness (QED) is 0.722. The minimum absolute atomic E-state index is 0.398. The standard InChI is InChI=1S/C17H20N4O2S/c1-4-5-10-21-15-13(16(22)19-17(21)23)20(2)14(18-15)11-6-8-12(24-3)9-7-11/h6-9H,4-5,10H2,1-3H3,(H,19,22,23). The van der Waals surface area contributed by atoms with Crippen LogP contribution in [0.1, 0.15) is 19.8 Å². The van der Waals surface area contributed by atoms with Crippen molar-refractivity contribution in [2.24, 2.45) is 7.05 Å². The number of aromatic nitrogens is 4. The number of benzene rings is 1. The van der Waals surface area contributed by atoms with E-state index in [1.165, 1.54) is 0 Å². The van der Waals surface area contributed by atoms with E-state index in [0.717, 1.165) is 23.3 Å². The van der Waals surface area contributed by atoms with Crippen molar-refractivity contribution >= 4 is 22.9 Å². The lowest BCUT2D eigenvalue weighted by atomic mass is 10.2. The van der Waals surface area contributed by atoms with Crippen LogP contribution in [0.2, 0.25) is 0 Å². The van der Waals surface area contributed by atoms with Crippen molar-refractivity contribution in [3.8, 4) is 11.4 Å². The number of fused-ring (bicyclic) bond motifs is 1. The van der Waals surface area contributed by atoms with E-state index in [4.69, 9.17) is 0 Å². The molecule has 1 N–H and O–H groups in total. The Bertz CT molecular complexity index is 983. The number of rotatable bonds is 5. The third-order valence-electron chi connectivity index (χ3n) is 4.10. The first-order chi connectivity index (χ1) is 11.6. The Balaban J connectivity index is 2.23. The first kappa shape index (κ1) is 16.6. The van der Waals surface area contributed by atoms with Gasteiger partial charge in [-0.25, -0.2) is 9.78 Å². The fraction of sp³-hybridized carbons (Fsp3) is 0.353. The zero-order chi connectivity index (χ0) is 17.3. The number of aryl methyl sites for hydroxylation is 2. The number of H-pyrrole nitrogens is 1. The summed E-state index contributed by atoms with van der Waals surface area (Å²) in [6, 6.07) is 8.01. The molecule has 0 saturated carbocycles. The summed E-state index contributed by atoms with van der Waals surface area (Å²) in [6.07, 6.45) is 3.84. The van der Waals surface area contributed by atoms with Crippen LogP contribution in [0, 0.1) is 0 Å². The summed E-state index contributed by atoms with van der Waals surface area (Å²) in [4.78, 5) is 32.6. The molecule has 24 heavy (non-hydrogen) atoms. The van der Waals surface area contributed by atoms with E-state index in [2.05, 4.69) is 16.9 Å². The monoisotopic (exact) mass is 344 g/mol. The number of thioether (sulfide) groups is 1. The minimum atomic E-state index is -0.400. The zero-order valence-electron chi connectivity index (χ0n) is 14.0. The third-order valence-corrected chi connectivity index (χ3v) is 4.84. The number of imidazole rings is 1. The van der Waals surface area contributed by atoms with Crippen LogP contribution >= 0.6 is 11.8 Å². The van der Waals surface area contributed by atoms with E-state index in [1.54, 1.807) is 27.9 Å². The molecule has 0 aliphatic rings. The van der Waals surface area contributed by atoms with E-state index >= 15 is 0 Å². The zero-order valence-corrected chi connectivity index (χ0v) is 14.8. The predicted molar refractivity (Wildman–Crippen MR) is 97.7 cm³/mol. The number of aromatic amines is 1. The molecular weight excluding hydrogens is 324 g/mol. The molecule has 3 aromatic rings. The molecule has 2 aromatic heterocycles. The number of nitrogens with one attached hydrogen (secondary N) is 1. The second-order valence-corrected chi connectivity index (χ2v) is 6.54. The average Bonchev–Trinajstić information content (AvgIpc) is 2.92. The summed E-state index contributed by atoms with van der Waals surface area (Å²) in [5.41, 5.74) is 0.992. The van der Waals surface area contributed by atoms with Gasteiger partial charge in [0.05, 0.1) is 0 Å². The highest BCUT2D eigenvalue weighted by Crippen LogP contribution is 2.24. The van der Waals surface area contributed by atoms with Gasteiger partial charge in [0, 0.05) is 24.1 Å². The lowest BCUT2D eigenvalue weighted by molar-refractivity contribution is 0.613. The van der Waals surface area contributed by atoms with Crippen LogP contribution in [0.15, 0.2) is 38.8 Å². The van der Waals surface area contributed by atoms with E-state index < -0.39 is 11.2 Å². The molecule has 0 saturated heterocycles. The van der Waals surface area contributed by atoms with Gasteiger partial charge >= 0.3 is 5.69 Å². The summed E-state index contributed by atoms with van der Waals surface area (Å²) in [5, 5.41) is 0. The molecule has 7 heteroatoms. The van der Waals surface area contributed by atoms with Crippen molar-refractivity contribution < 1.29 is 0 Å². The van der Waals surface area contributed by atoms with Gasteiger partial charge in [0.15, 0.2) is 11.2 Å². The lowest BCUT2D eigenvalue weighted by Crippen LogP contribution is -2.31. The molecule has 3 rings (SSSR count). The Morgan fingerprint density at radius 3 is 2.54 bits per heavy atom. The van der Waals surface area contributed by atoms with E-state index in [-0.39, 0.29) is 0 Å². The van der Waals surface area contributed by atoms with Crippen molar-refractivity contribution in [3.05, 3.63) is 45.1 Å². The smallest absolute Gasteiger partial charge is 0.321 e. The van der Waals surface area contributed by atoms with Gasteiger partial charge in [0.2, 0.25) is 0 Å². The van der Waals surface area contributed by atoms with Crippen molar-refractivity contribution in [1.82, 2.24) is 19.1 Å². The maximum Gasteiger partial charge on any atom is 0.330 e. The SMILES string of the molecule is CCCCn1c(=O)[nH]c(=O)c2c1nc(-c1ccc(SC)cc1)n2C. The topological polar surface area (TPSA) is 72.7 Å². The maximum atomic E-state index is 12.3. The fourth-order valence-corrected chi connectivity index (χ4v) is 3.18. The summed E-state index contributed by atoms with van der Waals surface area (Å²) in [6.45, 7) is 2.61. The van der Waals surface area contributed by atoms with Crippen molar-refractivity contribution in [3.63, 3.8) is 0 Å². The highest BCUT2D eigenvalue weighted by atomic mass is 32.2. The average molecular weight is 344 g/mol. The molecule has 6 nitrogen and oxygen atoms in total. The highest BCUT2D eigenvalue weighted by molar-refractivity contribution is 7.98. The summed E-state index contributed by atoms with van der Waals surface area (Å²) in [5.74, 6) is 0.680. The van der Waals surface area contributed by atoms with Gasteiger partial charge in [-0.1, -0.05) is 25.5 Å². The van der Waals surface area contributed by atoms with Crippen LogP contribution in [-0.4, -0.2) is 25.4 Å². The molecule has 0 radical (unpaired) electrons. The molecule has 0 unspecified atom stereocenters. The molecule has 1 aromatic carbocycles. The normalized spacial score (nSPS) is 11.3. The number of unbranched alkanes of at least 4 members (excludes halogenated alkanes) is 1. The molecule has 0 spiro atoms. The van der Waals surface area contributed by atoms with Crippen LogP contribution in [0.5, 0.6) is 0 Å². The van der Waals surface area contributed by atoms with Gasteiger partial charge in [-0.05, 0) is 24.8 Å². The molecule has 0 aliphatic heterocycles. The van der Waals surface area contributed by atoms with E-state index in [9.17, 15) is 9.59 Å². The highest BCUT2D eigenvalue weighted by Gasteiger charge is 2.17. The second-order valence-electron chi connectivity index (χ2n) is 5.66. The van der Waals surface area contributed by atoms with Crippen LogP contribution < -0.4 is 11.2 Å². The molecule has 0 fully saturated rings. The molecule has 0 amide bonds. The Hall–Kier alpha value is -2.28. The molecule has 0 atom stereocenters. The predicted octanol–water partition coefficient (Wildman–Crippen LogP) is 2.61. The number of nitrogens with zero attached hydrogens (tertiary/aromatic N) is 3. The molecule has 0 bridgehead atoms. The Kier molecular flexibility index (Phi) is 4.62. The first-order valence-electron chi connectivity index (χ1n) is 7.90. The fourth-order valence-electron chi connectivity index (χ4n) is 2.77. The van der Waals surface area contributed by atoms with Gasteiger partial charge < -0.3 is 4.57 Å². The van der Waals surface area contributed by atoms with Crippen LogP contribution in [0.4, 0.5) is 0 Å². The first-order valence-corrected chi connectivity index (χ1v) is 9.13. The molecule has 126 valence electrons. The van der Waals surface area contributed by atoms with E-state index in [1.807, 2.05) is 30.5 Å². The van der Waals surface area contributed by atoms with Gasteiger partial charge in [0.1, 0.15) is 5.82 Å².